The highest BCUT2D eigenvalue weighted by Crippen LogP contribution is 2.30. The van der Waals surface area contributed by atoms with Gasteiger partial charge in [0, 0.05) is 11.4 Å². The van der Waals surface area contributed by atoms with Gasteiger partial charge in [0.2, 0.25) is 5.91 Å². The maximum absolute atomic E-state index is 12.7. The minimum Gasteiger partial charge on any atom is -0.493 e. The van der Waals surface area contributed by atoms with Crippen LogP contribution in [0.2, 0.25) is 0 Å². The third kappa shape index (κ3) is 6.31. The number of hydrogen-bond donors (Lipinski definition) is 2. The quantitative estimate of drug-likeness (QED) is 0.741. The molecular weight excluding hydrogens is 345 g/mol. The van der Waals surface area contributed by atoms with Crippen molar-refractivity contribution in [2.24, 2.45) is 5.92 Å². The largest absolute Gasteiger partial charge is 0.493 e. The number of anilines is 2. The van der Waals surface area contributed by atoms with Crippen LogP contribution >= 0.6 is 0 Å². The second-order valence-electron chi connectivity index (χ2n) is 6.21. The van der Waals surface area contributed by atoms with E-state index in [1.807, 2.05) is 0 Å². The Morgan fingerprint density at radius 3 is 2.38 bits per heavy atom. The fraction of sp³-hybridized carbons (Fsp3) is 0.316. The summed E-state index contributed by atoms with van der Waals surface area (Å²) in [4.78, 5) is 11.9. The van der Waals surface area contributed by atoms with Crippen molar-refractivity contribution in [1.29, 1.82) is 0 Å². The molecule has 0 aliphatic heterocycles. The van der Waals surface area contributed by atoms with Gasteiger partial charge in [0.1, 0.15) is 5.75 Å². The van der Waals surface area contributed by atoms with Crippen LogP contribution in [0, 0.1) is 5.92 Å². The number of benzene rings is 2. The minimum atomic E-state index is -4.45. The molecule has 0 unspecified atom stereocenters. The van der Waals surface area contributed by atoms with Crippen LogP contribution in [0.15, 0.2) is 48.5 Å². The Morgan fingerprint density at radius 2 is 1.77 bits per heavy atom. The van der Waals surface area contributed by atoms with E-state index in [0.717, 1.165) is 17.9 Å². The first-order valence-corrected chi connectivity index (χ1v) is 8.18. The van der Waals surface area contributed by atoms with Crippen LogP contribution in [-0.2, 0) is 11.0 Å². The maximum atomic E-state index is 12.7. The molecule has 0 aliphatic carbocycles. The highest BCUT2D eigenvalue weighted by Gasteiger charge is 2.30. The SMILES string of the molecule is CC(C)COc1ccc(NCC(=O)Nc2cccc(C(F)(F)F)c2)cc1. The summed E-state index contributed by atoms with van der Waals surface area (Å²) in [5.41, 5.74) is 0.00499. The average Bonchev–Trinajstić information content (AvgIpc) is 2.58. The Labute approximate surface area is 150 Å². The van der Waals surface area contributed by atoms with Gasteiger partial charge in [-0.2, -0.15) is 13.2 Å². The van der Waals surface area contributed by atoms with Crippen molar-refractivity contribution in [2.45, 2.75) is 20.0 Å². The summed E-state index contributed by atoms with van der Waals surface area (Å²) in [6.45, 7) is 4.66. The lowest BCUT2D eigenvalue weighted by molar-refractivity contribution is -0.137. The third-order valence-corrected chi connectivity index (χ3v) is 3.36. The van der Waals surface area contributed by atoms with Crippen LogP contribution < -0.4 is 15.4 Å². The number of nitrogens with one attached hydrogen (secondary N) is 2. The summed E-state index contributed by atoms with van der Waals surface area (Å²) in [6.07, 6.45) is -4.45. The van der Waals surface area contributed by atoms with Gasteiger partial charge in [-0.3, -0.25) is 4.79 Å². The van der Waals surface area contributed by atoms with Crippen molar-refractivity contribution in [3.63, 3.8) is 0 Å². The van der Waals surface area contributed by atoms with Crippen molar-refractivity contribution in [3.05, 3.63) is 54.1 Å². The van der Waals surface area contributed by atoms with E-state index < -0.39 is 17.6 Å². The first kappa shape index (κ1) is 19.6. The van der Waals surface area contributed by atoms with E-state index in [1.165, 1.54) is 12.1 Å². The topological polar surface area (TPSA) is 50.4 Å². The van der Waals surface area contributed by atoms with E-state index in [4.69, 9.17) is 4.74 Å². The van der Waals surface area contributed by atoms with Gasteiger partial charge >= 0.3 is 6.18 Å². The third-order valence-electron chi connectivity index (χ3n) is 3.36. The molecule has 4 nitrogen and oxygen atoms in total. The molecule has 2 aromatic rings. The van der Waals surface area contributed by atoms with Gasteiger partial charge in [0.15, 0.2) is 0 Å². The second-order valence-corrected chi connectivity index (χ2v) is 6.21. The van der Waals surface area contributed by atoms with Crippen molar-refractivity contribution >= 4 is 17.3 Å². The van der Waals surface area contributed by atoms with E-state index in [1.54, 1.807) is 24.3 Å². The van der Waals surface area contributed by atoms with E-state index in [-0.39, 0.29) is 12.2 Å². The number of rotatable bonds is 7. The summed E-state index contributed by atoms with van der Waals surface area (Å²) >= 11 is 0. The molecule has 0 spiro atoms. The summed E-state index contributed by atoms with van der Waals surface area (Å²) < 4.78 is 43.6. The Hall–Kier alpha value is -2.70. The van der Waals surface area contributed by atoms with Crippen LogP contribution in [0.25, 0.3) is 0 Å². The Kier molecular flexibility index (Phi) is 6.49. The summed E-state index contributed by atoms with van der Waals surface area (Å²) in [7, 11) is 0. The molecule has 2 aromatic carbocycles. The zero-order chi connectivity index (χ0) is 19.2. The molecule has 0 heterocycles. The predicted molar refractivity (Wildman–Crippen MR) is 95.3 cm³/mol. The summed E-state index contributed by atoms with van der Waals surface area (Å²) in [5.74, 6) is 0.717. The molecule has 2 rings (SSSR count). The fourth-order valence-corrected chi connectivity index (χ4v) is 2.09. The number of carbonyl (C=O) groups excluding carboxylic acids is 1. The molecule has 0 aliphatic rings. The van der Waals surface area contributed by atoms with E-state index >= 15 is 0 Å². The smallest absolute Gasteiger partial charge is 0.416 e. The molecule has 7 heteroatoms. The van der Waals surface area contributed by atoms with Crippen molar-refractivity contribution in [2.75, 3.05) is 23.8 Å². The second kappa shape index (κ2) is 8.60. The van der Waals surface area contributed by atoms with E-state index in [2.05, 4.69) is 24.5 Å². The van der Waals surface area contributed by atoms with Gasteiger partial charge < -0.3 is 15.4 Å². The van der Waals surface area contributed by atoms with Crippen LogP contribution in [0.5, 0.6) is 5.75 Å². The molecule has 0 aromatic heterocycles. The molecule has 140 valence electrons. The van der Waals surface area contributed by atoms with Crippen LogP contribution in [0.4, 0.5) is 24.5 Å². The normalized spacial score (nSPS) is 11.3. The number of halogens is 3. The first-order chi connectivity index (χ1) is 12.2. The van der Waals surface area contributed by atoms with Crippen molar-refractivity contribution in [3.8, 4) is 5.75 Å². The van der Waals surface area contributed by atoms with Gasteiger partial charge in [-0.15, -0.1) is 0 Å². The molecule has 26 heavy (non-hydrogen) atoms. The van der Waals surface area contributed by atoms with E-state index in [9.17, 15) is 18.0 Å². The average molecular weight is 366 g/mol. The van der Waals surface area contributed by atoms with Crippen LogP contribution in [-0.4, -0.2) is 19.1 Å². The fourth-order valence-electron chi connectivity index (χ4n) is 2.09. The summed E-state index contributed by atoms with van der Waals surface area (Å²) in [5, 5.41) is 5.35. The minimum absolute atomic E-state index is 0.0670. The monoisotopic (exact) mass is 366 g/mol. The van der Waals surface area contributed by atoms with Crippen LogP contribution in [0.3, 0.4) is 0 Å². The highest BCUT2D eigenvalue weighted by atomic mass is 19.4. The standard InChI is InChI=1S/C19H21F3N2O2/c1-13(2)12-26-17-8-6-15(7-9-17)23-11-18(25)24-16-5-3-4-14(10-16)19(20,21)22/h3-10,13,23H,11-12H2,1-2H3,(H,24,25). The number of ether oxygens (including phenoxy) is 1. The molecule has 0 radical (unpaired) electrons. The number of amides is 1. The predicted octanol–water partition coefficient (Wildman–Crippen LogP) is 4.79. The van der Waals surface area contributed by atoms with Gasteiger partial charge in [0.25, 0.3) is 0 Å². The molecule has 0 saturated heterocycles. The zero-order valence-corrected chi connectivity index (χ0v) is 14.6. The van der Waals surface area contributed by atoms with Gasteiger partial charge in [-0.25, -0.2) is 0 Å². The lowest BCUT2D eigenvalue weighted by atomic mass is 10.2. The van der Waals surface area contributed by atoms with Crippen molar-refractivity contribution < 1.29 is 22.7 Å². The van der Waals surface area contributed by atoms with E-state index in [0.29, 0.717) is 18.2 Å². The Morgan fingerprint density at radius 1 is 1.08 bits per heavy atom. The lowest BCUT2D eigenvalue weighted by Gasteiger charge is -2.11. The van der Waals surface area contributed by atoms with Gasteiger partial charge in [-0.05, 0) is 48.4 Å². The number of hydrogen-bond acceptors (Lipinski definition) is 3. The van der Waals surface area contributed by atoms with Crippen LogP contribution in [0.1, 0.15) is 19.4 Å². The Bertz CT molecular complexity index is 728. The number of alkyl halides is 3. The maximum Gasteiger partial charge on any atom is 0.416 e. The molecule has 0 saturated carbocycles. The molecule has 2 N–H and O–H groups in total. The molecular formula is C19H21F3N2O2. The molecule has 0 bridgehead atoms. The number of carbonyl (C=O) groups is 1. The molecule has 0 fully saturated rings. The molecule has 0 atom stereocenters. The first-order valence-electron chi connectivity index (χ1n) is 8.18. The lowest BCUT2D eigenvalue weighted by Crippen LogP contribution is -2.22. The zero-order valence-electron chi connectivity index (χ0n) is 14.6. The summed E-state index contributed by atoms with van der Waals surface area (Å²) in [6, 6.07) is 11.6. The van der Waals surface area contributed by atoms with Gasteiger partial charge in [0.05, 0.1) is 18.7 Å². The molecule has 1 amide bonds. The Balaban J connectivity index is 1.85. The highest BCUT2D eigenvalue weighted by molar-refractivity contribution is 5.93. The van der Waals surface area contributed by atoms with Crippen molar-refractivity contribution in [1.82, 2.24) is 0 Å². The van der Waals surface area contributed by atoms with Gasteiger partial charge in [-0.1, -0.05) is 19.9 Å².